The normalized spacial score (nSPS) is 34.7. The van der Waals surface area contributed by atoms with Crippen LogP contribution in [0.25, 0.3) is 0 Å². The Kier molecular flexibility index (Phi) is 5.40. The van der Waals surface area contributed by atoms with Crippen LogP contribution in [0.2, 0.25) is 0 Å². The Morgan fingerprint density at radius 3 is 2.52 bits per heavy atom. The molecular weight excluding hydrogens is 363 g/mol. The molecule has 152 valence electrons. The maximum Gasteiger partial charge on any atom is 0.393 e. The van der Waals surface area contributed by atoms with Gasteiger partial charge in [-0.25, -0.2) is 4.79 Å². The summed E-state index contributed by atoms with van der Waals surface area (Å²) in [5.41, 5.74) is -0.977. The molecular formula is C18H26F3N3O3. The second-order valence-electron chi connectivity index (χ2n) is 8.05. The van der Waals surface area contributed by atoms with E-state index >= 15 is 0 Å². The summed E-state index contributed by atoms with van der Waals surface area (Å²) in [5, 5.41) is 5.15. The van der Waals surface area contributed by atoms with Gasteiger partial charge in [-0.2, -0.15) is 13.2 Å². The first kappa shape index (κ1) is 19.9. The highest BCUT2D eigenvalue weighted by molar-refractivity contribution is 6.09. The van der Waals surface area contributed by atoms with Gasteiger partial charge in [0.15, 0.2) is 0 Å². The summed E-state index contributed by atoms with van der Waals surface area (Å²) in [4.78, 5) is 38.3. The van der Waals surface area contributed by atoms with Crippen LogP contribution in [-0.2, 0) is 9.59 Å². The van der Waals surface area contributed by atoms with Crippen LogP contribution in [0.4, 0.5) is 18.0 Å². The largest absolute Gasteiger partial charge is 0.393 e. The van der Waals surface area contributed by atoms with E-state index in [0.29, 0.717) is 19.3 Å². The zero-order valence-electron chi connectivity index (χ0n) is 15.4. The van der Waals surface area contributed by atoms with E-state index in [2.05, 4.69) is 10.6 Å². The van der Waals surface area contributed by atoms with Gasteiger partial charge in [0.1, 0.15) is 12.1 Å². The molecule has 4 unspecified atom stereocenters. The van der Waals surface area contributed by atoms with Gasteiger partial charge >= 0.3 is 12.2 Å². The minimum Gasteiger partial charge on any atom is -0.351 e. The smallest absolute Gasteiger partial charge is 0.351 e. The number of carbonyl (C=O) groups is 3. The third kappa shape index (κ3) is 3.78. The van der Waals surface area contributed by atoms with Gasteiger partial charge in [0.05, 0.1) is 5.92 Å². The molecule has 4 amide bonds. The lowest BCUT2D eigenvalue weighted by molar-refractivity contribution is -0.189. The summed E-state index contributed by atoms with van der Waals surface area (Å²) in [5.74, 6) is -2.78. The first-order valence-electron chi connectivity index (χ1n) is 9.65. The molecule has 2 aliphatic carbocycles. The van der Waals surface area contributed by atoms with E-state index < -0.39 is 48.1 Å². The van der Waals surface area contributed by atoms with Gasteiger partial charge in [-0.3, -0.25) is 14.5 Å². The maximum absolute atomic E-state index is 13.2. The van der Waals surface area contributed by atoms with Crippen molar-refractivity contribution >= 4 is 17.8 Å². The highest BCUT2D eigenvalue weighted by Crippen LogP contribution is 2.39. The van der Waals surface area contributed by atoms with Crippen LogP contribution in [0.1, 0.15) is 58.3 Å². The molecule has 4 atom stereocenters. The molecule has 3 rings (SSSR count). The summed E-state index contributed by atoms with van der Waals surface area (Å²) in [6, 6.07) is -1.64. The molecule has 0 aromatic carbocycles. The Bertz CT molecular complexity index is 625. The molecule has 1 spiro atoms. The SMILES string of the molecule is CC1CCCCC12NC(=O)N(CC(=O)NC1CCCCC1C(F)(F)F)C2=O. The second-order valence-corrected chi connectivity index (χ2v) is 8.05. The Morgan fingerprint density at radius 2 is 1.85 bits per heavy atom. The lowest BCUT2D eigenvalue weighted by Crippen LogP contribution is -2.54. The van der Waals surface area contributed by atoms with Crippen molar-refractivity contribution in [2.75, 3.05) is 6.54 Å². The number of nitrogens with one attached hydrogen (secondary N) is 2. The molecule has 3 aliphatic rings. The van der Waals surface area contributed by atoms with Crippen molar-refractivity contribution in [3.8, 4) is 0 Å². The van der Waals surface area contributed by atoms with Gasteiger partial charge in [-0.05, 0) is 31.6 Å². The molecule has 1 heterocycles. The van der Waals surface area contributed by atoms with Crippen LogP contribution >= 0.6 is 0 Å². The summed E-state index contributed by atoms with van der Waals surface area (Å²) in [6.45, 7) is 1.36. The molecule has 0 aromatic heterocycles. The van der Waals surface area contributed by atoms with Crippen LogP contribution in [0.5, 0.6) is 0 Å². The monoisotopic (exact) mass is 389 g/mol. The van der Waals surface area contributed by atoms with Crippen LogP contribution in [0.3, 0.4) is 0 Å². The van der Waals surface area contributed by atoms with E-state index in [1.165, 1.54) is 0 Å². The van der Waals surface area contributed by atoms with Crippen LogP contribution < -0.4 is 10.6 Å². The molecule has 6 nitrogen and oxygen atoms in total. The minimum atomic E-state index is -4.37. The molecule has 9 heteroatoms. The Balaban J connectivity index is 1.65. The molecule has 2 saturated carbocycles. The lowest BCUT2D eigenvalue weighted by Gasteiger charge is -2.37. The van der Waals surface area contributed by atoms with Crippen molar-refractivity contribution in [1.82, 2.24) is 15.5 Å². The maximum atomic E-state index is 13.2. The topological polar surface area (TPSA) is 78.5 Å². The third-order valence-corrected chi connectivity index (χ3v) is 6.34. The number of hydrogen-bond donors (Lipinski definition) is 2. The Morgan fingerprint density at radius 1 is 1.19 bits per heavy atom. The lowest BCUT2D eigenvalue weighted by atomic mass is 9.73. The van der Waals surface area contributed by atoms with Crippen molar-refractivity contribution in [2.24, 2.45) is 11.8 Å². The van der Waals surface area contributed by atoms with Gasteiger partial charge in [-0.1, -0.05) is 32.6 Å². The summed E-state index contributed by atoms with van der Waals surface area (Å²) >= 11 is 0. The van der Waals surface area contributed by atoms with E-state index in [-0.39, 0.29) is 18.8 Å². The summed E-state index contributed by atoms with van der Waals surface area (Å²) in [7, 11) is 0. The molecule has 2 N–H and O–H groups in total. The van der Waals surface area contributed by atoms with Crippen molar-refractivity contribution in [3.63, 3.8) is 0 Å². The number of alkyl halides is 3. The fraction of sp³-hybridized carbons (Fsp3) is 0.833. The average molecular weight is 389 g/mol. The van der Waals surface area contributed by atoms with Crippen molar-refractivity contribution in [1.29, 1.82) is 0 Å². The molecule has 1 aliphatic heterocycles. The highest BCUT2D eigenvalue weighted by Gasteiger charge is 2.55. The molecule has 1 saturated heterocycles. The number of rotatable bonds is 3. The number of imide groups is 1. The fourth-order valence-corrected chi connectivity index (χ4v) is 4.73. The van der Waals surface area contributed by atoms with Gasteiger partial charge in [0.25, 0.3) is 5.91 Å². The Labute approximate surface area is 156 Å². The fourth-order valence-electron chi connectivity index (χ4n) is 4.73. The van der Waals surface area contributed by atoms with Gasteiger partial charge < -0.3 is 10.6 Å². The standard InChI is InChI=1S/C18H26F3N3O3/c1-11-6-4-5-9-17(11)15(26)24(16(27)23-17)10-14(25)22-13-8-3-2-7-12(13)18(19,20)21/h11-13H,2-10H2,1H3,(H,22,25)(H,23,27). The number of carbonyl (C=O) groups excluding carboxylic acids is 3. The summed E-state index contributed by atoms with van der Waals surface area (Å²) in [6.07, 6.45) is 0.0666. The van der Waals surface area contributed by atoms with E-state index in [1.807, 2.05) is 6.92 Å². The van der Waals surface area contributed by atoms with Gasteiger partial charge in [-0.15, -0.1) is 0 Å². The molecule has 3 fully saturated rings. The van der Waals surface area contributed by atoms with Crippen molar-refractivity contribution in [2.45, 2.75) is 76.0 Å². The van der Waals surface area contributed by atoms with Crippen LogP contribution in [0, 0.1) is 11.8 Å². The third-order valence-electron chi connectivity index (χ3n) is 6.34. The van der Waals surface area contributed by atoms with Crippen molar-refractivity contribution < 1.29 is 27.6 Å². The predicted molar refractivity (Wildman–Crippen MR) is 90.6 cm³/mol. The Hall–Kier alpha value is -1.80. The quantitative estimate of drug-likeness (QED) is 0.729. The molecule has 0 radical (unpaired) electrons. The number of amides is 4. The van der Waals surface area contributed by atoms with Crippen LogP contribution in [-0.4, -0.2) is 47.0 Å². The molecule has 27 heavy (non-hydrogen) atoms. The highest BCUT2D eigenvalue weighted by atomic mass is 19.4. The number of hydrogen-bond acceptors (Lipinski definition) is 3. The first-order valence-corrected chi connectivity index (χ1v) is 9.65. The number of urea groups is 1. The van der Waals surface area contributed by atoms with E-state index in [4.69, 9.17) is 0 Å². The van der Waals surface area contributed by atoms with Gasteiger partial charge in [0, 0.05) is 6.04 Å². The summed E-state index contributed by atoms with van der Waals surface area (Å²) < 4.78 is 39.5. The van der Waals surface area contributed by atoms with E-state index in [9.17, 15) is 27.6 Å². The second kappa shape index (κ2) is 7.31. The average Bonchev–Trinajstić information content (AvgIpc) is 2.82. The molecule has 0 aromatic rings. The molecule has 0 bridgehead atoms. The zero-order chi connectivity index (χ0) is 19.8. The van der Waals surface area contributed by atoms with Gasteiger partial charge in [0.2, 0.25) is 5.91 Å². The van der Waals surface area contributed by atoms with E-state index in [0.717, 1.165) is 24.2 Å². The zero-order valence-corrected chi connectivity index (χ0v) is 15.4. The first-order chi connectivity index (χ1) is 12.6. The van der Waals surface area contributed by atoms with E-state index in [1.54, 1.807) is 0 Å². The number of nitrogens with zero attached hydrogens (tertiary/aromatic N) is 1. The minimum absolute atomic E-state index is 0.0157. The van der Waals surface area contributed by atoms with Crippen LogP contribution in [0.15, 0.2) is 0 Å². The van der Waals surface area contributed by atoms with Crippen molar-refractivity contribution in [3.05, 3.63) is 0 Å². The number of halogens is 3. The predicted octanol–water partition coefficient (Wildman–Crippen LogP) is 2.72.